The quantitative estimate of drug-likeness (QED) is 0.747. The molecule has 0 aliphatic heterocycles. The normalized spacial score (nSPS) is 14.2. The van der Waals surface area contributed by atoms with E-state index < -0.39 is 0 Å². The van der Waals surface area contributed by atoms with Crippen LogP contribution in [-0.4, -0.2) is 22.6 Å². The number of rotatable bonds is 7. The highest BCUT2D eigenvalue weighted by Gasteiger charge is 2.12. The second kappa shape index (κ2) is 8.81. The average molecular weight is 360 g/mol. The van der Waals surface area contributed by atoms with E-state index in [0.717, 1.165) is 6.42 Å². The molecule has 1 amide bonds. The van der Waals surface area contributed by atoms with Crippen LogP contribution in [0.25, 0.3) is 11.5 Å². The standard InChI is InChI=1S/C19H22ClN3O2/c20-16-9-5-4-8-15(16)19-23-22-18(25-19)11-10-17(24)21-13-12-14-6-2-1-3-7-14/h4-6,8-9H,1-3,7,10-13H2,(H,21,24). The number of allylic oxidation sites excluding steroid dienone is 1. The monoisotopic (exact) mass is 359 g/mol. The molecule has 0 atom stereocenters. The fourth-order valence-corrected chi connectivity index (χ4v) is 3.12. The van der Waals surface area contributed by atoms with Crippen LogP contribution in [0.4, 0.5) is 0 Å². The minimum atomic E-state index is 0.00824. The van der Waals surface area contributed by atoms with Crippen LogP contribution < -0.4 is 5.32 Å². The summed E-state index contributed by atoms with van der Waals surface area (Å²) in [6.07, 6.45) is 8.92. The van der Waals surface area contributed by atoms with Gasteiger partial charge in [0.2, 0.25) is 17.7 Å². The van der Waals surface area contributed by atoms with Crippen LogP contribution in [0.3, 0.4) is 0 Å². The predicted octanol–water partition coefficient (Wildman–Crippen LogP) is 4.33. The zero-order chi connectivity index (χ0) is 17.5. The van der Waals surface area contributed by atoms with Gasteiger partial charge in [0.1, 0.15) is 0 Å². The number of carbonyl (C=O) groups excluding carboxylic acids is 1. The lowest BCUT2D eigenvalue weighted by Crippen LogP contribution is -2.25. The second-order valence-electron chi connectivity index (χ2n) is 6.19. The highest BCUT2D eigenvalue weighted by Crippen LogP contribution is 2.26. The van der Waals surface area contributed by atoms with Gasteiger partial charge in [-0.25, -0.2) is 0 Å². The van der Waals surface area contributed by atoms with Crippen molar-refractivity contribution >= 4 is 17.5 Å². The zero-order valence-electron chi connectivity index (χ0n) is 14.1. The van der Waals surface area contributed by atoms with Gasteiger partial charge in [-0.3, -0.25) is 4.79 Å². The first-order valence-electron chi connectivity index (χ1n) is 8.74. The summed E-state index contributed by atoms with van der Waals surface area (Å²) < 4.78 is 5.60. The molecular formula is C19H22ClN3O2. The number of halogens is 1. The fourth-order valence-electron chi connectivity index (χ4n) is 2.90. The molecule has 25 heavy (non-hydrogen) atoms. The molecule has 0 fully saturated rings. The molecule has 1 aromatic heterocycles. The van der Waals surface area contributed by atoms with Crippen LogP contribution in [0.2, 0.25) is 5.02 Å². The number of aryl methyl sites for hydroxylation is 1. The number of hydrogen-bond acceptors (Lipinski definition) is 4. The van der Waals surface area contributed by atoms with Gasteiger partial charge in [-0.15, -0.1) is 10.2 Å². The maximum Gasteiger partial charge on any atom is 0.249 e. The lowest BCUT2D eigenvalue weighted by atomic mass is 9.97. The van der Waals surface area contributed by atoms with Gasteiger partial charge in [0.25, 0.3) is 0 Å². The lowest BCUT2D eigenvalue weighted by molar-refractivity contribution is -0.121. The zero-order valence-corrected chi connectivity index (χ0v) is 14.9. The first kappa shape index (κ1) is 17.7. The van der Waals surface area contributed by atoms with Crippen LogP contribution in [0.15, 0.2) is 40.3 Å². The number of aromatic nitrogens is 2. The maximum absolute atomic E-state index is 11.9. The predicted molar refractivity (Wildman–Crippen MR) is 97.2 cm³/mol. The van der Waals surface area contributed by atoms with Crippen molar-refractivity contribution < 1.29 is 9.21 Å². The van der Waals surface area contributed by atoms with E-state index in [9.17, 15) is 4.79 Å². The average Bonchev–Trinajstić information content (AvgIpc) is 3.10. The van der Waals surface area contributed by atoms with Crippen molar-refractivity contribution in [2.24, 2.45) is 0 Å². The Labute approximate surface area is 152 Å². The Morgan fingerprint density at radius 3 is 2.88 bits per heavy atom. The molecule has 1 aromatic carbocycles. The summed E-state index contributed by atoms with van der Waals surface area (Å²) in [5.41, 5.74) is 2.17. The molecule has 1 heterocycles. The van der Waals surface area contributed by atoms with Gasteiger partial charge >= 0.3 is 0 Å². The smallest absolute Gasteiger partial charge is 0.249 e. The molecule has 1 aliphatic carbocycles. The number of amides is 1. The van der Waals surface area contributed by atoms with Crippen molar-refractivity contribution in [2.45, 2.75) is 44.9 Å². The highest BCUT2D eigenvalue weighted by molar-refractivity contribution is 6.33. The molecule has 2 aromatic rings. The second-order valence-corrected chi connectivity index (χ2v) is 6.60. The third kappa shape index (κ3) is 5.16. The Hall–Kier alpha value is -2.14. The van der Waals surface area contributed by atoms with Crippen LogP contribution in [0, 0.1) is 0 Å². The van der Waals surface area contributed by atoms with Crippen molar-refractivity contribution in [3.8, 4) is 11.5 Å². The SMILES string of the molecule is O=C(CCc1nnc(-c2ccccc2Cl)o1)NCCC1=CCCCC1. The minimum absolute atomic E-state index is 0.00824. The van der Waals surface area contributed by atoms with Crippen molar-refractivity contribution in [1.29, 1.82) is 0 Å². The van der Waals surface area contributed by atoms with Crippen LogP contribution >= 0.6 is 11.6 Å². The van der Waals surface area contributed by atoms with Crippen molar-refractivity contribution in [3.05, 3.63) is 46.8 Å². The summed E-state index contributed by atoms with van der Waals surface area (Å²) in [5, 5.41) is 11.5. The third-order valence-corrected chi connectivity index (χ3v) is 4.62. The molecule has 0 spiro atoms. The maximum atomic E-state index is 11.9. The van der Waals surface area contributed by atoms with E-state index in [1.807, 2.05) is 18.2 Å². The first-order valence-corrected chi connectivity index (χ1v) is 9.12. The van der Waals surface area contributed by atoms with E-state index in [0.29, 0.717) is 41.8 Å². The minimum Gasteiger partial charge on any atom is -0.421 e. The number of nitrogens with one attached hydrogen (secondary N) is 1. The Morgan fingerprint density at radius 1 is 1.20 bits per heavy atom. The Morgan fingerprint density at radius 2 is 2.08 bits per heavy atom. The van der Waals surface area contributed by atoms with E-state index in [4.69, 9.17) is 16.0 Å². The van der Waals surface area contributed by atoms with Gasteiger partial charge in [0, 0.05) is 19.4 Å². The molecule has 0 radical (unpaired) electrons. The van der Waals surface area contributed by atoms with E-state index in [1.165, 1.54) is 31.3 Å². The fraction of sp³-hybridized carbons (Fsp3) is 0.421. The van der Waals surface area contributed by atoms with Crippen molar-refractivity contribution in [1.82, 2.24) is 15.5 Å². The number of hydrogen-bond donors (Lipinski definition) is 1. The molecule has 0 unspecified atom stereocenters. The van der Waals surface area contributed by atoms with Gasteiger partial charge in [0.15, 0.2) is 0 Å². The molecule has 0 saturated carbocycles. The molecule has 3 rings (SSSR count). The molecule has 1 aliphatic rings. The lowest BCUT2D eigenvalue weighted by Gasteiger charge is -2.12. The van der Waals surface area contributed by atoms with E-state index >= 15 is 0 Å². The molecule has 132 valence electrons. The van der Waals surface area contributed by atoms with Gasteiger partial charge in [0.05, 0.1) is 10.6 Å². The summed E-state index contributed by atoms with van der Waals surface area (Å²) in [6.45, 7) is 0.694. The molecular weight excluding hydrogens is 338 g/mol. The summed E-state index contributed by atoms with van der Waals surface area (Å²) in [5.74, 6) is 0.833. The number of nitrogens with zero attached hydrogens (tertiary/aromatic N) is 2. The van der Waals surface area contributed by atoms with Crippen LogP contribution in [0.1, 0.15) is 44.4 Å². The molecule has 5 nitrogen and oxygen atoms in total. The molecule has 1 N–H and O–H groups in total. The largest absolute Gasteiger partial charge is 0.421 e. The number of carbonyl (C=O) groups is 1. The molecule has 6 heteroatoms. The molecule has 0 saturated heterocycles. The van der Waals surface area contributed by atoms with Crippen LogP contribution in [0.5, 0.6) is 0 Å². The highest BCUT2D eigenvalue weighted by atomic mass is 35.5. The van der Waals surface area contributed by atoms with E-state index in [-0.39, 0.29) is 5.91 Å². The van der Waals surface area contributed by atoms with E-state index in [1.54, 1.807) is 6.07 Å². The Balaban J connectivity index is 1.43. The van der Waals surface area contributed by atoms with Gasteiger partial charge in [-0.1, -0.05) is 35.4 Å². The summed E-state index contributed by atoms with van der Waals surface area (Å²) in [4.78, 5) is 11.9. The first-order chi connectivity index (χ1) is 12.2. The van der Waals surface area contributed by atoms with Crippen molar-refractivity contribution in [3.63, 3.8) is 0 Å². The summed E-state index contributed by atoms with van der Waals surface area (Å²) in [7, 11) is 0. The number of benzene rings is 1. The third-order valence-electron chi connectivity index (χ3n) is 4.29. The Kier molecular flexibility index (Phi) is 6.23. The molecule has 0 bridgehead atoms. The Bertz CT molecular complexity index is 755. The van der Waals surface area contributed by atoms with Gasteiger partial charge in [-0.05, 0) is 44.2 Å². The van der Waals surface area contributed by atoms with Gasteiger partial charge in [-0.2, -0.15) is 0 Å². The van der Waals surface area contributed by atoms with E-state index in [2.05, 4.69) is 21.6 Å². The topological polar surface area (TPSA) is 68.0 Å². The van der Waals surface area contributed by atoms with Gasteiger partial charge < -0.3 is 9.73 Å². The van der Waals surface area contributed by atoms with Crippen LogP contribution in [-0.2, 0) is 11.2 Å². The summed E-state index contributed by atoms with van der Waals surface area (Å²) in [6, 6.07) is 7.30. The summed E-state index contributed by atoms with van der Waals surface area (Å²) >= 11 is 6.12. The van der Waals surface area contributed by atoms with Crippen molar-refractivity contribution in [2.75, 3.05) is 6.54 Å².